The lowest BCUT2D eigenvalue weighted by atomic mass is 10.2. The molecule has 24 heavy (non-hydrogen) atoms. The zero-order valence-corrected chi connectivity index (χ0v) is 14.1. The third kappa shape index (κ3) is 4.17. The lowest BCUT2D eigenvalue weighted by Gasteiger charge is -2.15. The van der Waals surface area contributed by atoms with Gasteiger partial charge in [-0.3, -0.25) is 4.79 Å². The third-order valence-corrected chi connectivity index (χ3v) is 3.33. The molecule has 0 aliphatic heterocycles. The van der Waals surface area contributed by atoms with Gasteiger partial charge in [0.25, 0.3) is 0 Å². The number of ether oxygens (including phenoxy) is 3. The third-order valence-electron chi connectivity index (χ3n) is 3.08. The maximum atomic E-state index is 12.3. The second-order valence-electron chi connectivity index (χ2n) is 4.78. The fourth-order valence-corrected chi connectivity index (χ4v) is 2.10. The van der Waals surface area contributed by atoms with Crippen LogP contribution in [0.5, 0.6) is 17.2 Å². The van der Waals surface area contributed by atoms with Crippen LogP contribution < -0.4 is 19.5 Å². The zero-order valence-electron chi connectivity index (χ0n) is 13.4. The summed E-state index contributed by atoms with van der Waals surface area (Å²) in [5, 5.41) is 3.10. The first kappa shape index (κ1) is 17.6. The van der Waals surface area contributed by atoms with E-state index in [0.717, 1.165) is 0 Å². The largest absolute Gasteiger partial charge is 0.493 e. The van der Waals surface area contributed by atoms with Gasteiger partial charge in [-0.1, -0.05) is 11.6 Å². The molecule has 2 aromatic rings. The Hall–Kier alpha value is -2.73. The van der Waals surface area contributed by atoms with Crippen molar-refractivity contribution >= 4 is 29.2 Å². The fraction of sp³-hybridized carbons (Fsp3) is 0.176. The molecule has 126 valence electrons. The fourth-order valence-electron chi connectivity index (χ4n) is 1.98. The summed E-state index contributed by atoms with van der Waals surface area (Å²) in [6.07, 6.45) is 0. The molecule has 0 atom stereocenters. The van der Waals surface area contributed by atoms with E-state index in [0.29, 0.717) is 27.8 Å². The molecule has 0 heterocycles. The molecule has 1 N–H and O–H groups in total. The molecule has 0 unspecified atom stereocenters. The number of amides is 1. The van der Waals surface area contributed by atoms with E-state index < -0.39 is 5.97 Å². The van der Waals surface area contributed by atoms with E-state index in [1.54, 1.807) is 24.3 Å². The van der Waals surface area contributed by atoms with Gasteiger partial charge in [-0.2, -0.15) is 0 Å². The molecule has 1 amide bonds. The Balaban J connectivity index is 2.37. The first-order valence-electron chi connectivity index (χ1n) is 6.96. The topological polar surface area (TPSA) is 73.9 Å². The van der Waals surface area contributed by atoms with Gasteiger partial charge < -0.3 is 19.5 Å². The smallest absolute Gasteiger partial charge is 0.343 e. The summed E-state index contributed by atoms with van der Waals surface area (Å²) in [4.78, 5) is 23.6. The maximum Gasteiger partial charge on any atom is 0.343 e. The van der Waals surface area contributed by atoms with E-state index >= 15 is 0 Å². The molecule has 0 saturated heterocycles. The average molecular weight is 350 g/mol. The predicted molar refractivity (Wildman–Crippen MR) is 90.3 cm³/mol. The van der Waals surface area contributed by atoms with Gasteiger partial charge in [0.2, 0.25) is 5.91 Å². The Bertz CT molecular complexity index is 758. The number of esters is 1. The number of anilines is 1. The number of carbonyl (C=O) groups excluding carboxylic acids is 2. The van der Waals surface area contributed by atoms with Crippen LogP contribution >= 0.6 is 11.6 Å². The van der Waals surface area contributed by atoms with Crippen molar-refractivity contribution in [2.45, 2.75) is 6.92 Å². The van der Waals surface area contributed by atoms with Crippen LogP contribution in [0.15, 0.2) is 36.4 Å². The van der Waals surface area contributed by atoms with Crippen LogP contribution in [0.25, 0.3) is 0 Å². The summed E-state index contributed by atoms with van der Waals surface area (Å²) in [6.45, 7) is 1.35. The van der Waals surface area contributed by atoms with E-state index in [1.807, 2.05) is 0 Å². The summed E-state index contributed by atoms with van der Waals surface area (Å²) in [5.74, 6) is -0.00245. The maximum absolute atomic E-state index is 12.3. The SMILES string of the molecule is COc1cc(NC(C)=O)c(OC(=O)c2ccc(Cl)cc2)cc1OC. The number of methoxy groups -OCH3 is 2. The van der Waals surface area contributed by atoms with Crippen LogP contribution in [0.3, 0.4) is 0 Å². The highest BCUT2D eigenvalue weighted by molar-refractivity contribution is 6.30. The first-order chi connectivity index (χ1) is 11.4. The minimum atomic E-state index is -0.592. The molecule has 0 bridgehead atoms. The summed E-state index contributed by atoms with van der Waals surface area (Å²) >= 11 is 5.80. The van der Waals surface area contributed by atoms with Crippen LogP contribution in [0, 0.1) is 0 Å². The summed E-state index contributed by atoms with van der Waals surface area (Å²) < 4.78 is 15.8. The van der Waals surface area contributed by atoms with Crippen molar-refractivity contribution in [3.63, 3.8) is 0 Å². The Morgan fingerprint density at radius 1 is 0.958 bits per heavy atom. The van der Waals surface area contributed by atoms with Crippen LogP contribution in [0.4, 0.5) is 5.69 Å². The van der Waals surface area contributed by atoms with Gasteiger partial charge >= 0.3 is 5.97 Å². The Labute approximate surface area is 144 Å². The van der Waals surface area contributed by atoms with Gasteiger partial charge in [-0.25, -0.2) is 4.79 Å². The Morgan fingerprint density at radius 2 is 1.54 bits per heavy atom. The molecule has 0 spiro atoms. The molecule has 7 heteroatoms. The molecule has 2 aromatic carbocycles. The second-order valence-corrected chi connectivity index (χ2v) is 5.22. The number of rotatable bonds is 5. The minimum absolute atomic E-state index is 0.141. The zero-order chi connectivity index (χ0) is 17.7. The lowest BCUT2D eigenvalue weighted by molar-refractivity contribution is -0.114. The number of carbonyl (C=O) groups is 2. The minimum Gasteiger partial charge on any atom is -0.493 e. The van der Waals surface area contributed by atoms with Crippen molar-refractivity contribution in [3.05, 3.63) is 47.0 Å². The van der Waals surface area contributed by atoms with Crippen molar-refractivity contribution in [2.24, 2.45) is 0 Å². The number of hydrogen-bond donors (Lipinski definition) is 1. The quantitative estimate of drug-likeness (QED) is 0.660. The molecule has 6 nitrogen and oxygen atoms in total. The molecule has 0 saturated carbocycles. The number of nitrogens with one attached hydrogen (secondary N) is 1. The predicted octanol–water partition coefficient (Wildman–Crippen LogP) is 3.53. The molecule has 0 fully saturated rings. The van der Waals surface area contributed by atoms with Gasteiger partial charge in [0.05, 0.1) is 25.5 Å². The standard InChI is InChI=1S/C17H16ClNO5/c1-10(20)19-13-8-15(22-2)16(23-3)9-14(13)24-17(21)11-4-6-12(18)7-5-11/h4-9H,1-3H3,(H,19,20). The van der Waals surface area contributed by atoms with Crippen LogP contribution in [0.2, 0.25) is 5.02 Å². The van der Waals surface area contributed by atoms with Crippen molar-refractivity contribution < 1.29 is 23.8 Å². The van der Waals surface area contributed by atoms with E-state index in [2.05, 4.69) is 5.32 Å². The summed E-state index contributed by atoms with van der Waals surface area (Å²) in [7, 11) is 2.93. The van der Waals surface area contributed by atoms with Gasteiger partial charge in [0.1, 0.15) is 0 Å². The van der Waals surface area contributed by atoms with Crippen molar-refractivity contribution in [1.29, 1.82) is 0 Å². The van der Waals surface area contributed by atoms with Crippen LogP contribution in [-0.2, 0) is 4.79 Å². The summed E-state index contributed by atoms with van der Waals surface area (Å²) in [5.41, 5.74) is 0.616. The van der Waals surface area contributed by atoms with E-state index in [1.165, 1.54) is 33.3 Å². The number of benzene rings is 2. The molecular weight excluding hydrogens is 334 g/mol. The lowest BCUT2D eigenvalue weighted by Crippen LogP contribution is -2.13. The van der Waals surface area contributed by atoms with Crippen molar-refractivity contribution in [2.75, 3.05) is 19.5 Å². The Kier molecular flexibility index (Phi) is 5.65. The average Bonchev–Trinajstić information content (AvgIpc) is 2.55. The van der Waals surface area contributed by atoms with Gasteiger partial charge in [-0.15, -0.1) is 0 Å². The molecule has 0 radical (unpaired) electrons. The van der Waals surface area contributed by atoms with E-state index in [9.17, 15) is 9.59 Å². The summed E-state index contributed by atoms with van der Waals surface area (Å²) in [6, 6.07) is 9.25. The second kappa shape index (κ2) is 7.70. The Morgan fingerprint density at radius 3 is 2.08 bits per heavy atom. The molecule has 0 aromatic heterocycles. The van der Waals surface area contributed by atoms with E-state index in [-0.39, 0.29) is 11.7 Å². The van der Waals surface area contributed by atoms with Gasteiger partial charge in [-0.05, 0) is 24.3 Å². The van der Waals surface area contributed by atoms with Gasteiger partial charge in [0.15, 0.2) is 17.2 Å². The number of halogens is 1. The normalized spacial score (nSPS) is 10.0. The van der Waals surface area contributed by atoms with Crippen LogP contribution in [0.1, 0.15) is 17.3 Å². The van der Waals surface area contributed by atoms with Gasteiger partial charge in [0, 0.05) is 24.1 Å². The number of hydrogen-bond acceptors (Lipinski definition) is 5. The highest BCUT2D eigenvalue weighted by Crippen LogP contribution is 2.38. The molecular formula is C17H16ClNO5. The highest BCUT2D eigenvalue weighted by Gasteiger charge is 2.17. The first-order valence-corrected chi connectivity index (χ1v) is 7.33. The molecule has 2 rings (SSSR count). The van der Waals surface area contributed by atoms with E-state index in [4.69, 9.17) is 25.8 Å². The molecule has 0 aliphatic carbocycles. The molecule has 0 aliphatic rings. The van der Waals surface area contributed by atoms with Crippen molar-refractivity contribution in [3.8, 4) is 17.2 Å². The van der Waals surface area contributed by atoms with Crippen LogP contribution in [-0.4, -0.2) is 26.1 Å². The monoisotopic (exact) mass is 349 g/mol. The van der Waals surface area contributed by atoms with Crippen molar-refractivity contribution in [1.82, 2.24) is 0 Å². The highest BCUT2D eigenvalue weighted by atomic mass is 35.5.